The smallest absolute Gasteiger partial charge is 0.126 e. The fourth-order valence-electron chi connectivity index (χ4n) is 1.64. The Hall–Kier alpha value is -1.15. The van der Waals surface area contributed by atoms with Crippen LogP contribution in [0.4, 0.5) is 0 Å². The zero-order chi connectivity index (χ0) is 11.1. The lowest BCUT2D eigenvalue weighted by Crippen LogP contribution is -2.14. The molecule has 0 amide bonds. The van der Waals surface area contributed by atoms with Gasteiger partial charge in [-0.05, 0) is 12.0 Å². The van der Waals surface area contributed by atoms with Crippen LogP contribution in [-0.2, 0) is 4.79 Å². The molecule has 0 aliphatic heterocycles. The molecule has 0 aliphatic rings. The third-order valence-electron chi connectivity index (χ3n) is 2.61. The summed E-state index contributed by atoms with van der Waals surface area (Å²) in [5.74, 6) is -0.271. The van der Waals surface area contributed by atoms with Crippen molar-refractivity contribution >= 4 is 6.29 Å². The van der Waals surface area contributed by atoms with Crippen LogP contribution < -0.4 is 0 Å². The molecule has 0 aliphatic carbocycles. The molecule has 1 aromatic rings. The molecule has 82 valence electrons. The number of rotatable bonds is 6. The molecular weight excluding hydrogens is 188 g/mol. The number of carbonyl (C=O) groups is 1. The number of aldehydes is 1. The van der Waals surface area contributed by atoms with Gasteiger partial charge in [0.1, 0.15) is 6.29 Å². The maximum absolute atomic E-state index is 10.9. The van der Waals surface area contributed by atoms with Crippen LogP contribution in [0, 0.1) is 5.92 Å². The van der Waals surface area contributed by atoms with Crippen molar-refractivity contribution in [2.45, 2.75) is 32.3 Å². The lowest BCUT2D eigenvalue weighted by molar-refractivity contribution is -0.114. The topological polar surface area (TPSA) is 37.3 Å². The van der Waals surface area contributed by atoms with Crippen LogP contribution in [-0.4, -0.2) is 11.4 Å². The lowest BCUT2D eigenvalue weighted by atomic mass is 9.92. The van der Waals surface area contributed by atoms with E-state index in [0.717, 1.165) is 31.1 Å². The molecule has 0 aromatic heterocycles. The molecule has 0 fully saturated rings. The molecule has 0 saturated heterocycles. The highest BCUT2D eigenvalue weighted by Gasteiger charge is 2.19. The van der Waals surface area contributed by atoms with E-state index < -0.39 is 6.10 Å². The van der Waals surface area contributed by atoms with Gasteiger partial charge in [0.05, 0.1) is 6.10 Å². The van der Waals surface area contributed by atoms with Gasteiger partial charge < -0.3 is 9.90 Å². The van der Waals surface area contributed by atoms with Gasteiger partial charge >= 0.3 is 0 Å². The molecule has 0 bridgehead atoms. The second kappa shape index (κ2) is 6.36. The SMILES string of the molecule is CCCC[C@@H](C=O)[C@@H](O)c1ccccc1. The van der Waals surface area contributed by atoms with Gasteiger partial charge in [-0.15, -0.1) is 0 Å². The van der Waals surface area contributed by atoms with Crippen molar-refractivity contribution in [2.24, 2.45) is 5.92 Å². The minimum absolute atomic E-state index is 0.271. The Labute approximate surface area is 90.9 Å². The summed E-state index contributed by atoms with van der Waals surface area (Å²) in [6, 6.07) is 9.36. The van der Waals surface area contributed by atoms with E-state index in [0.29, 0.717) is 0 Å². The average Bonchev–Trinajstić information content (AvgIpc) is 2.31. The largest absolute Gasteiger partial charge is 0.388 e. The van der Waals surface area contributed by atoms with E-state index in [1.807, 2.05) is 30.3 Å². The molecule has 0 unspecified atom stereocenters. The van der Waals surface area contributed by atoms with Crippen LogP contribution in [0.5, 0.6) is 0 Å². The number of aliphatic hydroxyl groups excluding tert-OH is 1. The van der Waals surface area contributed by atoms with E-state index in [1.165, 1.54) is 0 Å². The summed E-state index contributed by atoms with van der Waals surface area (Å²) in [7, 11) is 0. The summed E-state index contributed by atoms with van der Waals surface area (Å²) in [4.78, 5) is 10.9. The van der Waals surface area contributed by atoms with Crippen molar-refractivity contribution in [3.63, 3.8) is 0 Å². The number of aliphatic hydroxyl groups is 1. The molecule has 2 atom stereocenters. The van der Waals surface area contributed by atoms with Gasteiger partial charge in [-0.2, -0.15) is 0 Å². The Balaban J connectivity index is 2.64. The van der Waals surface area contributed by atoms with Gasteiger partial charge in [0.15, 0.2) is 0 Å². The van der Waals surface area contributed by atoms with E-state index in [-0.39, 0.29) is 5.92 Å². The summed E-state index contributed by atoms with van der Waals surface area (Å²) in [5.41, 5.74) is 0.825. The zero-order valence-electron chi connectivity index (χ0n) is 9.10. The minimum Gasteiger partial charge on any atom is -0.388 e. The highest BCUT2D eigenvalue weighted by atomic mass is 16.3. The molecule has 1 N–H and O–H groups in total. The van der Waals surface area contributed by atoms with Gasteiger partial charge in [-0.1, -0.05) is 50.1 Å². The molecule has 1 rings (SSSR count). The average molecular weight is 206 g/mol. The van der Waals surface area contributed by atoms with Crippen molar-refractivity contribution in [1.82, 2.24) is 0 Å². The van der Waals surface area contributed by atoms with Crippen LogP contribution in [0.2, 0.25) is 0 Å². The maximum atomic E-state index is 10.9. The summed E-state index contributed by atoms with van der Waals surface area (Å²) in [5, 5.41) is 9.98. The molecule has 0 saturated carbocycles. The summed E-state index contributed by atoms with van der Waals surface area (Å²) in [6.45, 7) is 2.08. The van der Waals surface area contributed by atoms with Crippen molar-refractivity contribution < 1.29 is 9.90 Å². The Morgan fingerprint density at radius 2 is 2.00 bits per heavy atom. The zero-order valence-corrected chi connectivity index (χ0v) is 9.10. The predicted octanol–water partition coefficient (Wildman–Crippen LogP) is 2.73. The quantitative estimate of drug-likeness (QED) is 0.727. The minimum atomic E-state index is -0.657. The monoisotopic (exact) mass is 206 g/mol. The second-order valence-corrected chi connectivity index (χ2v) is 3.80. The van der Waals surface area contributed by atoms with Crippen molar-refractivity contribution in [2.75, 3.05) is 0 Å². The van der Waals surface area contributed by atoms with Gasteiger partial charge in [0.25, 0.3) is 0 Å². The van der Waals surface area contributed by atoms with E-state index in [1.54, 1.807) is 0 Å². The second-order valence-electron chi connectivity index (χ2n) is 3.80. The fraction of sp³-hybridized carbons (Fsp3) is 0.462. The van der Waals surface area contributed by atoms with Crippen molar-refractivity contribution in [3.8, 4) is 0 Å². The third-order valence-corrected chi connectivity index (χ3v) is 2.61. The molecule has 2 nitrogen and oxygen atoms in total. The molecule has 0 heterocycles. The van der Waals surface area contributed by atoms with Crippen LogP contribution in [0.1, 0.15) is 37.9 Å². The number of carbonyl (C=O) groups excluding carboxylic acids is 1. The van der Waals surface area contributed by atoms with E-state index in [9.17, 15) is 9.90 Å². The van der Waals surface area contributed by atoms with Crippen LogP contribution in [0.25, 0.3) is 0 Å². The number of benzene rings is 1. The first kappa shape index (κ1) is 11.9. The standard InChI is InChI=1S/C13H18O2/c1-2-3-7-12(10-14)13(15)11-8-5-4-6-9-11/h4-6,8-10,12-13,15H,2-3,7H2,1H3/t12-,13-/m0/s1. The van der Waals surface area contributed by atoms with Crippen LogP contribution >= 0.6 is 0 Å². The maximum Gasteiger partial charge on any atom is 0.126 e. The van der Waals surface area contributed by atoms with Crippen LogP contribution in [0.15, 0.2) is 30.3 Å². The highest BCUT2D eigenvalue weighted by molar-refractivity contribution is 5.55. The van der Waals surface area contributed by atoms with Gasteiger partial charge in [0, 0.05) is 5.92 Å². The van der Waals surface area contributed by atoms with Crippen LogP contribution in [0.3, 0.4) is 0 Å². The molecule has 0 radical (unpaired) electrons. The first-order chi connectivity index (χ1) is 7.29. The Kier molecular flexibility index (Phi) is 5.05. The molecular formula is C13H18O2. The van der Waals surface area contributed by atoms with Crippen molar-refractivity contribution in [1.29, 1.82) is 0 Å². The third kappa shape index (κ3) is 3.48. The molecule has 1 aromatic carbocycles. The Morgan fingerprint density at radius 3 is 2.53 bits per heavy atom. The summed E-state index contributed by atoms with van der Waals surface area (Å²) < 4.78 is 0. The first-order valence-corrected chi connectivity index (χ1v) is 5.48. The number of hydrogen-bond acceptors (Lipinski definition) is 2. The normalized spacial score (nSPS) is 14.5. The number of hydrogen-bond donors (Lipinski definition) is 1. The van der Waals surface area contributed by atoms with E-state index in [4.69, 9.17) is 0 Å². The number of unbranched alkanes of at least 4 members (excludes halogenated alkanes) is 1. The van der Waals surface area contributed by atoms with Crippen molar-refractivity contribution in [3.05, 3.63) is 35.9 Å². The van der Waals surface area contributed by atoms with E-state index in [2.05, 4.69) is 6.92 Å². The Morgan fingerprint density at radius 1 is 1.33 bits per heavy atom. The Bertz CT molecular complexity index is 282. The molecule has 15 heavy (non-hydrogen) atoms. The lowest BCUT2D eigenvalue weighted by Gasteiger charge is -2.17. The highest BCUT2D eigenvalue weighted by Crippen LogP contribution is 2.24. The summed E-state index contributed by atoms with van der Waals surface area (Å²) in [6.07, 6.45) is 3.00. The van der Waals surface area contributed by atoms with E-state index >= 15 is 0 Å². The van der Waals surface area contributed by atoms with Gasteiger partial charge in [-0.3, -0.25) is 0 Å². The first-order valence-electron chi connectivity index (χ1n) is 5.48. The summed E-state index contributed by atoms with van der Waals surface area (Å²) >= 11 is 0. The van der Waals surface area contributed by atoms with Gasteiger partial charge in [-0.25, -0.2) is 0 Å². The molecule has 0 spiro atoms. The van der Waals surface area contributed by atoms with Gasteiger partial charge in [0.2, 0.25) is 0 Å². The molecule has 2 heteroatoms. The fourth-order valence-corrected chi connectivity index (χ4v) is 1.64. The predicted molar refractivity (Wildman–Crippen MR) is 60.5 cm³/mol.